The van der Waals surface area contributed by atoms with E-state index in [-0.39, 0.29) is 0 Å². The van der Waals surface area contributed by atoms with Gasteiger partial charge in [0.2, 0.25) is 0 Å². The van der Waals surface area contributed by atoms with Crippen LogP contribution in [-0.2, 0) is 0 Å². The lowest BCUT2D eigenvalue weighted by atomic mass is 9.72. The topological polar surface area (TPSA) is 0 Å². The Kier molecular flexibility index (Phi) is 2.69. The van der Waals surface area contributed by atoms with Crippen LogP contribution in [-0.4, -0.2) is 0 Å². The number of hydrogen-bond acceptors (Lipinski definition) is 0. The molecule has 2 bridgehead atoms. The van der Waals surface area contributed by atoms with Crippen LogP contribution in [0.3, 0.4) is 0 Å². The predicted octanol–water partition coefficient (Wildman–Crippen LogP) is 4.98. The van der Waals surface area contributed by atoms with Crippen LogP contribution in [0.25, 0.3) is 0 Å². The molecule has 2 fully saturated rings. The second kappa shape index (κ2) is 4.52. The molecule has 2 aromatic carbocycles. The Morgan fingerprint density at radius 2 is 1.00 bits per heavy atom. The van der Waals surface area contributed by atoms with Gasteiger partial charge in [-0.3, -0.25) is 0 Å². The molecule has 2 aromatic rings. The average Bonchev–Trinajstić information content (AvgIpc) is 3.10. The highest BCUT2D eigenvalue weighted by atomic mass is 14.5. The van der Waals surface area contributed by atoms with Gasteiger partial charge in [0.1, 0.15) is 0 Å². The first-order valence-corrected chi connectivity index (χ1v) is 7.53. The van der Waals surface area contributed by atoms with Crippen LogP contribution in [0, 0.1) is 11.8 Å². The average molecular weight is 248 g/mol. The maximum atomic E-state index is 2.33. The summed E-state index contributed by atoms with van der Waals surface area (Å²) in [5.74, 6) is 3.33. The third kappa shape index (κ3) is 1.82. The highest BCUT2D eigenvalue weighted by Gasteiger charge is 2.48. The Hall–Kier alpha value is -1.56. The SMILES string of the molecule is c1ccc([C@@H]2[C@H]3CC[C@H](C3)[C@@H]2c2ccccc2)cc1. The monoisotopic (exact) mass is 248 g/mol. The fourth-order valence-electron chi connectivity index (χ4n) is 4.60. The predicted molar refractivity (Wildman–Crippen MR) is 79.2 cm³/mol. The van der Waals surface area contributed by atoms with Crippen molar-refractivity contribution < 1.29 is 0 Å². The number of fused-ring (bicyclic) bond motifs is 2. The molecule has 2 saturated carbocycles. The largest absolute Gasteiger partial charge is 0.0622 e. The van der Waals surface area contributed by atoms with Gasteiger partial charge in [0.05, 0.1) is 0 Å². The van der Waals surface area contributed by atoms with Gasteiger partial charge in [-0.2, -0.15) is 0 Å². The van der Waals surface area contributed by atoms with E-state index >= 15 is 0 Å². The minimum absolute atomic E-state index is 0.752. The molecule has 4 atom stereocenters. The third-order valence-corrected chi connectivity index (χ3v) is 5.29. The zero-order valence-electron chi connectivity index (χ0n) is 11.2. The summed E-state index contributed by atoms with van der Waals surface area (Å²) < 4.78 is 0. The fraction of sp³-hybridized carbons (Fsp3) is 0.368. The quantitative estimate of drug-likeness (QED) is 0.703. The normalized spacial score (nSPS) is 32.6. The lowest BCUT2D eigenvalue weighted by molar-refractivity contribution is 0.366. The first-order valence-electron chi connectivity index (χ1n) is 7.53. The van der Waals surface area contributed by atoms with Gasteiger partial charge < -0.3 is 0 Å². The molecule has 0 nitrogen and oxygen atoms in total. The fourth-order valence-corrected chi connectivity index (χ4v) is 4.60. The number of benzene rings is 2. The van der Waals surface area contributed by atoms with E-state index in [2.05, 4.69) is 60.7 Å². The van der Waals surface area contributed by atoms with Crippen molar-refractivity contribution in [1.82, 2.24) is 0 Å². The van der Waals surface area contributed by atoms with E-state index in [0.29, 0.717) is 0 Å². The molecule has 2 aliphatic carbocycles. The van der Waals surface area contributed by atoms with Crippen LogP contribution in [0.15, 0.2) is 60.7 Å². The van der Waals surface area contributed by atoms with Gasteiger partial charge in [-0.05, 0) is 54.1 Å². The summed E-state index contributed by atoms with van der Waals surface area (Å²) in [6.07, 6.45) is 4.32. The van der Waals surface area contributed by atoms with Gasteiger partial charge in [-0.25, -0.2) is 0 Å². The van der Waals surface area contributed by atoms with Gasteiger partial charge in [-0.15, -0.1) is 0 Å². The second-order valence-electron chi connectivity index (χ2n) is 6.21. The van der Waals surface area contributed by atoms with E-state index in [1.807, 2.05) is 0 Å². The zero-order valence-corrected chi connectivity index (χ0v) is 11.2. The number of rotatable bonds is 2. The van der Waals surface area contributed by atoms with Gasteiger partial charge in [0.15, 0.2) is 0 Å². The second-order valence-corrected chi connectivity index (χ2v) is 6.21. The molecule has 2 aliphatic rings. The molecule has 4 rings (SSSR count). The molecule has 19 heavy (non-hydrogen) atoms. The molecular weight excluding hydrogens is 228 g/mol. The van der Waals surface area contributed by atoms with Crippen molar-refractivity contribution in [3.63, 3.8) is 0 Å². The molecule has 0 N–H and O–H groups in total. The molecule has 0 radical (unpaired) electrons. The van der Waals surface area contributed by atoms with Crippen LogP contribution < -0.4 is 0 Å². The summed E-state index contributed by atoms with van der Waals surface area (Å²) in [7, 11) is 0. The maximum Gasteiger partial charge on any atom is -0.00620 e. The Labute approximate surface area is 115 Å². The van der Waals surface area contributed by atoms with Crippen LogP contribution in [0.1, 0.15) is 42.2 Å². The molecule has 0 unspecified atom stereocenters. The maximum absolute atomic E-state index is 2.33. The summed E-state index contributed by atoms with van der Waals surface area (Å²) in [4.78, 5) is 0. The molecule has 96 valence electrons. The van der Waals surface area contributed by atoms with Crippen molar-refractivity contribution in [1.29, 1.82) is 0 Å². The zero-order chi connectivity index (χ0) is 12.7. The van der Waals surface area contributed by atoms with Gasteiger partial charge in [0.25, 0.3) is 0 Å². The number of hydrogen-bond donors (Lipinski definition) is 0. The first kappa shape index (κ1) is 11.3. The Balaban J connectivity index is 1.76. The van der Waals surface area contributed by atoms with Crippen molar-refractivity contribution in [3.05, 3.63) is 71.8 Å². The molecule has 0 saturated heterocycles. The lowest BCUT2D eigenvalue weighted by Crippen LogP contribution is -2.18. The van der Waals surface area contributed by atoms with E-state index in [0.717, 1.165) is 23.7 Å². The van der Waals surface area contributed by atoms with Crippen LogP contribution >= 0.6 is 0 Å². The van der Waals surface area contributed by atoms with Crippen molar-refractivity contribution in [2.45, 2.75) is 31.1 Å². The van der Waals surface area contributed by atoms with E-state index in [1.165, 1.54) is 19.3 Å². The van der Waals surface area contributed by atoms with Crippen molar-refractivity contribution in [3.8, 4) is 0 Å². The molecule has 0 amide bonds. The van der Waals surface area contributed by atoms with Gasteiger partial charge in [-0.1, -0.05) is 60.7 Å². The summed E-state index contributed by atoms with van der Waals surface area (Å²) in [5.41, 5.74) is 3.12. The Morgan fingerprint density at radius 1 is 0.579 bits per heavy atom. The summed E-state index contributed by atoms with van der Waals surface area (Å²) in [6.45, 7) is 0. The third-order valence-electron chi connectivity index (χ3n) is 5.29. The highest BCUT2D eigenvalue weighted by Crippen LogP contribution is 2.60. The molecule has 0 heterocycles. The van der Waals surface area contributed by atoms with Crippen molar-refractivity contribution >= 4 is 0 Å². The molecule has 0 spiro atoms. The minimum atomic E-state index is 0.752. The van der Waals surface area contributed by atoms with Crippen LogP contribution in [0.2, 0.25) is 0 Å². The lowest BCUT2D eigenvalue weighted by Gasteiger charge is -2.32. The smallest absolute Gasteiger partial charge is 0.00620 e. The standard InChI is InChI=1S/C19H20/c1-3-7-14(8-4-1)18-16-11-12-17(13-16)19(18)15-9-5-2-6-10-15/h1-10,16-19H,11-13H2/t16-,17+,18+,19-. The first-order chi connectivity index (χ1) is 9.43. The van der Waals surface area contributed by atoms with Crippen molar-refractivity contribution in [2.75, 3.05) is 0 Å². The molecule has 0 aliphatic heterocycles. The molecule has 0 heteroatoms. The molecule has 0 aromatic heterocycles. The summed E-state index contributed by atoms with van der Waals surface area (Å²) in [6, 6.07) is 22.4. The highest BCUT2D eigenvalue weighted by molar-refractivity contribution is 5.33. The summed E-state index contributed by atoms with van der Waals surface area (Å²) in [5, 5.41) is 0. The van der Waals surface area contributed by atoms with E-state index in [1.54, 1.807) is 11.1 Å². The van der Waals surface area contributed by atoms with Crippen LogP contribution in [0.5, 0.6) is 0 Å². The Bertz CT molecular complexity index is 491. The Morgan fingerprint density at radius 3 is 1.42 bits per heavy atom. The summed E-state index contributed by atoms with van der Waals surface area (Å²) >= 11 is 0. The molecular formula is C19H20. The van der Waals surface area contributed by atoms with Crippen molar-refractivity contribution in [2.24, 2.45) is 11.8 Å². The van der Waals surface area contributed by atoms with Gasteiger partial charge >= 0.3 is 0 Å². The van der Waals surface area contributed by atoms with E-state index in [9.17, 15) is 0 Å². The van der Waals surface area contributed by atoms with Gasteiger partial charge in [0, 0.05) is 0 Å². The van der Waals surface area contributed by atoms with E-state index < -0.39 is 0 Å². The van der Waals surface area contributed by atoms with E-state index in [4.69, 9.17) is 0 Å². The minimum Gasteiger partial charge on any atom is -0.0622 e. The van der Waals surface area contributed by atoms with Crippen LogP contribution in [0.4, 0.5) is 0 Å².